The zero-order chi connectivity index (χ0) is 16.0. The van der Waals surface area contributed by atoms with Crippen LogP contribution in [0.15, 0.2) is 30.3 Å². The van der Waals surface area contributed by atoms with Gasteiger partial charge in [0.2, 0.25) is 0 Å². The summed E-state index contributed by atoms with van der Waals surface area (Å²) in [5.74, 6) is 0.221. The van der Waals surface area contributed by atoms with Gasteiger partial charge >= 0.3 is 0 Å². The van der Waals surface area contributed by atoms with Gasteiger partial charge in [0, 0.05) is 30.1 Å². The third kappa shape index (κ3) is 5.25. The Hall–Kier alpha value is -1.19. The van der Waals surface area contributed by atoms with E-state index in [0.29, 0.717) is 6.04 Å². The SMILES string of the molecule is CCN(CC(C)(C)C(=O)c1ccccc1)C(C)CN(C)C. The monoisotopic (exact) mass is 290 g/mol. The predicted octanol–water partition coefficient (Wildman–Crippen LogP) is 3.17. The van der Waals surface area contributed by atoms with E-state index in [1.165, 1.54) is 0 Å². The molecule has 0 aliphatic rings. The van der Waals surface area contributed by atoms with Gasteiger partial charge in [-0.2, -0.15) is 0 Å². The highest BCUT2D eigenvalue weighted by molar-refractivity contribution is 6.00. The number of ketones is 1. The molecule has 3 heteroatoms. The molecule has 0 radical (unpaired) electrons. The highest BCUT2D eigenvalue weighted by Gasteiger charge is 2.31. The van der Waals surface area contributed by atoms with E-state index in [-0.39, 0.29) is 11.2 Å². The van der Waals surface area contributed by atoms with E-state index in [1.807, 2.05) is 44.2 Å². The van der Waals surface area contributed by atoms with Gasteiger partial charge in [-0.15, -0.1) is 0 Å². The lowest BCUT2D eigenvalue weighted by Gasteiger charge is -2.36. The molecule has 0 saturated carbocycles. The second kappa shape index (κ2) is 7.71. The van der Waals surface area contributed by atoms with E-state index in [4.69, 9.17) is 0 Å². The maximum absolute atomic E-state index is 12.7. The number of hydrogen-bond acceptors (Lipinski definition) is 3. The largest absolute Gasteiger partial charge is 0.308 e. The van der Waals surface area contributed by atoms with Gasteiger partial charge in [0.1, 0.15) is 0 Å². The molecule has 1 aromatic rings. The molecule has 0 N–H and O–H groups in total. The summed E-state index contributed by atoms with van der Waals surface area (Å²) >= 11 is 0. The molecule has 0 amide bonds. The highest BCUT2D eigenvalue weighted by Crippen LogP contribution is 2.24. The maximum atomic E-state index is 12.7. The molecular weight excluding hydrogens is 260 g/mol. The Morgan fingerprint density at radius 3 is 2.24 bits per heavy atom. The molecule has 1 rings (SSSR count). The number of nitrogens with zero attached hydrogens (tertiary/aromatic N) is 2. The number of carbonyl (C=O) groups excluding carboxylic acids is 1. The summed E-state index contributed by atoms with van der Waals surface area (Å²) in [5.41, 5.74) is 0.427. The predicted molar refractivity (Wildman–Crippen MR) is 89.8 cm³/mol. The molecule has 0 aliphatic carbocycles. The van der Waals surface area contributed by atoms with Gasteiger partial charge in [-0.1, -0.05) is 51.1 Å². The Morgan fingerprint density at radius 2 is 1.76 bits per heavy atom. The van der Waals surface area contributed by atoms with Crippen molar-refractivity contribution in [3.05, 3.63) is 35.9 Å². The fourth-order valence-corrected chi connectivity index (χ4v) is 2.78. The average molecular weight is 290 g/mol. The Morgan fingerprint density at radius 1 is 1.19 bits per heavy atom. The molecule has 1 unspecified atom stereocenters. The molecule has 0 bridgehead atoms. The lowest BCUT2D eigenvalue weighted by Crippen LogP contribution is -2.46. The standard InChI is InChI=1S/C18H30N2O/c1-7-20(15(2)13-19(5)6)14-18(3,4)17(21)16-11-9-8-10-12-16/h8-12,15H,7,13-14H2,1-6H3. The van der Waals surface area contributed by atoms with E-state index < -0.39 is 0 Å². The number of benzene rings is 1. The van der Waals surface area contributed by atoms with Crippen LogP contribution in [0.5, 0.6) is 0 Å². The topological polar surface area (TPSA) is 23.6 Å². The minimum atomic E-state index is -0.377. The van der Waals surface area contributed by atoms with Gasteiger partial charge in [0.15, 0.2) is 5.78 Å². The molecule has 3 nitrogen and oxygen atoms in total. The van der Waals surface area contributed by atoms with Crippen LogP contribution in [0.25, 0.3) is 0 Å². The summed E-state index contributed by atoms with van der Waals surface area (Å²) in [6.07, 6.45) is 0. The van der Waals surface area contributed by atoms with Crippen LogP contribution in [-0.2, 0) is 0 Å². The lowest BCUT2D eigenvalue weighted by atomic mass is 9.83. The van der Waals surface area contributed by atoms with Gasteiger partial charge in [0.25, 0.3) is 0 Å². The lowest BCUT2D eigenvalue weighted by molar-refractivity contribution is 0.0710. The molecule has 0 saturated heterocycles. The van der Waals surface area contributed by atoms with Crippen molar-refractivity contribution in [2.45, 2.75) is 33.7 Å². The molecule has 118 valence electrons. The molecule has 21 heavy (non-hydrogen) atoms. The summed E-state index contributed by atoms with van der Waals surface area (Å²) in [7, 11) is 4.18. The fraction of sp³-hybridized carbons (Fsp3) is 0.611. The first kappa shape index (κ1) is 17.9. The quantitative estimate of drug-likeness (QED) is 0.687. The van der Waals surface area contributed by atoms with E-state index >= 15 is 0 Å². The summed E-state index contributed by atoms with van der Waals surface area (Å²) in [6, 6.07) is 10.0. The van der Waals surface area contributed by atoms with Crippen LogP contribution >= 0.6 is 0 Å². The van der Waals surface area contributed by atoms with Crippen molar-refractivity contribution < 1.29 is 4.79 Å². The van der Waals surface area contributed by atoms with Crippen molar-refractivity contribution in [2.24, 2.45) is 5.41 Å². The fourth-order valence-electron chi connectivity index (χ4n) is 2.78. The molecule has 1 atom stereocenters. The van der Waals surface area contributed by atoms with Gasteiger partial charge in [-0.05, 0) is 27.6 Å². The van der Waals surface area contributed by atoms with E-state index in [2.05, 4.69) is 37.7 Å². The van der Waals surface area contributed by atoms with Crippen molar-refractivity contribution >= 4 is 5.78 Å². The summed E-state index contributed by atoms with van der Waals surface area (Å²) in [4.78, 5) is 17.3. The van der Waals surface area contributed by atoms with Crippen LogP contribution in [0.2, 0.25) is 0 Å². The summed E-state index contributed by atoms with van der Waals surface area (Å²) < 4.78 is 0. The summed E-state index contributed by atoms with van der Waals surface area (Å²) in [6.45, 7) is 11.2. The number of Topliss-reactive ketones (excluding diaryl/α,β-unsaturated/α-hetero) is 1. The molecule has 1 aromatic carbocycles. The maximum Gasteiger partial charge on any atom is 0.169 e. The number of hydrogen-bond donors (Lipinski definition) is 0. The number of carbonyl (C=O) groups is 1. The molecule has 0 aromatic heterocycles. The van der Waals surface area contributed by atoms with Crippen LogP contribution in [0.4, 0.5) is 0 Å². The van der Waals surface area contributed by atoms with E-state index in [9.17, 15) is 4.79 Å². The van der Waals surface area contributed by atoms with Crippen LogP contribution in [0.1, 0.15) is 38.1 Å². The third-order valence-electron chi connectivity index (χ3n) is 3.91. The second-order valence-electron chi connectivity index (χ2n) is 6.75. The zero-order valence-corrected chi connectivity index (χ0v) is 14.4. The third-order valence-corrected chi connectivity index (χ3v) is 3.91. The van der Waals surface area contributed by atoms with Crippen molar-refractivity contribution in [3.8, 4) is 0 Å². The number of likely N-dealkylation sites (N-methyl/N-ethyl adjacent to an activating group) is 2. The molecule has 0 aliphatic heterocycles. The van der Waals surface area contributed by atoms with Gasteiger partial charge < -0.3 is 4.90 Å². The van der Waals surface area contributed by atoms with Gasteiger partial charge in [0.05, 0.1) is 0 Å². The Bertz CT molecular complexity index is 440. The van der Waals surface area contributed by atoms with Crippen molar-refractivity contribution in [3.63, 3.8) is 0 Å². The first-order valence-corrected chi connectivity index (χ1v) is 7.76. The first-order chi connectivity index (χ1) is 9.77. The van der Waals surface area contributed by atoms with E-state index in [1.54, 1.807) is 0 Å². The Balaban J connectivity index is 2.79. The van der Waals surface area contributed by atoms with Crippen molar-refractivity contribution in [1.82, 2.24) is 9.80 Å². The van der Waals surface area contributed by atoms with Crippen molar-refractivity contribution in [1.29, 1.82) is 0 Å². The van der Waals surface area contributed by atoms with Crippen LogP contribution in [0.3, 0.4) is 0 Å². The van der Waals surface area contributed by atoms with Gasteiger partial charge in [-0.25, -0.2) is 0 Å². The first-order valence-electron chi connectivity index (χ1n) is 7.76. The molecule has 0 fully saturated rings. The average Bonchev–Trinajstić information content (AvgIpc) is 2.44. The summed E-state index contributed by atoms with van der Waals surface area (Å²) in [5, 5.41) is 0. The Kier molecular flexibility index (Phi) is 6.56. The number of rotatable bonds is 8. The minimum Gasteiger partial charge on any atom is -0.308 e. The van der Waals surface area contributed by atoms with E-state index in [0.717, 1.165) is 25.2 Å². The van der Waals surface area contributed by atoms with Crippen LogP contribution in [0, 0.1) is 5.41 Å². The zero-order valence-electron chi connectivity index (χ0n) is 14.4. The van der Waals surface area contributed by atoms with Crippen LogP contribution in [-0.4, -0.2) is 55.4 Å². The van der Waals surface area contributed by atoms with Crippen LogP contribution < -0.4 is 0 Å². The molecule has 0 heterocycles. The van der Waals surface area contributed by atoms with Crippen molar-refractivity contribution in [2.75, 3.05) is 33.7 Å². The highest BCUT2D eigenvalue weighted by atomic mass is 16.1. The molecule has 0 spiro atoms. The second-order valence-corrected chi connectivity index (χ2v) is 6.75. The van der Waals surface area contributed by atoms with Gasteiger partial charge in [-0.3, -0.25) is 9.69 Å². The minimum absolute atomic E-state index is 0.221. The normalized spacial score (nSPS) is 13.7. The molecular formula is C18H30N2O. The Labute approximate surface area is 129 Å². The smallest absolute Gasteiger partial charge is 0.169 e.